The Kier molecular flexibility index (Phi) is 4.55. The van der Waals surface area contributed by atoms with Gasteiger partial charge in [0.15, 0.2) is 5.75 Å². The van der Waals surface area contributed by atoms with Gasteiger partial charge in [0, 0.05) is 13.0 Å². The van der Waals surface area contributed by atoms with Gasteiger partial charge in [0.1, 0.15) is 16.3 Å². The van der Waals surface area contributed by atoms with Crippen molar-refractivity contribution in [3.05, 3.63) is 35.6 Å². The van der Waals surface area contributed by atoms with Crippen LogP contribution in [0.1, 0.15) is 6.42 Å². The Balaban J connectivity index is 2.24. The van der Waals surface area contributed by atoms with Gasteiger partial charge >= 0.3 is 6.36 Å². The predicted molar refractivity (Wildman–Crippen MR) is 76.6 cm³/mol. The van der Waals surface area contributed by atoms with Crippen molar-refractivity contribution >= 4 is 28.8 Å². The van der Waals surface area contributed by atoms with Gasteiger partial charge in [0.05, 0.1) is 5.69 Å². The molecule has 1 amide bonds. The lowest BCUT2D eigenvalue weighted by molar-refractivity contribution is -0.274. The number of aliphatic hydroxyl groups excluding tert-OH is 1. The fourth-order valence-corrected chi connectivity index (χ4v) is 2.16. The molecule has 22 heavy (non-hydrogen) atoms. The Morgan fingerprint density at radius 3 is 2.68 bits per heavy atom. The van der Waals surface area contributed by atoms with Crippen LogP contribution in [0.3, 0.4) is 0 Å². The normalized spacial score (nSPS) is 15.3. The second kappa shape index (κ2) is 6.22. The highest BCUT2D eigenvalue weighted by molar-refractivity contribution is 7.81. The Morgan fingerprint density at radius 1 is 1.36 bits per heavy atom. The lowest BCUT2D eigenvalue weighted by Gasteiger charge is -2.19. The van der Waals surface area contributed by atoms with Gasteiger partial charge in [-0.15, -0.1) is 13.2 Å². The Hall–Kier alpha value is -2.29. The van der Waals surface area contributed by atoms with Crippen molar-refractivity contribution < 1.29 is 27.8 Å². The maximum Gasteiger partial charge on any atom is 0.573 e. The molecule has 0 saturated heterocycles. The summed E-state index contributed by atoms with van der Waals surface area (Å²) in [6.45, 7) is 0.268. The number of nitrogens with one attached hydrogen (secondary N) is 2. The number of thiocarbonyl (C=S) groups is 1. The number of para-hydroxylation sites is 2. The molecule has 0 radical (unpaired) electrons. The number of carbonyl (C=O) groups excluding carboxylic acids is 1. The number of hydrogen-bond acceptors (Lipinski definition) is 4. The molecule has 1 aromatic carbocycles. The van der Waals surface area contributed by atoms with Crippen molar-refractivity contribution in [2.45, 2.75) is 12.8 Å². The highest BCUT2D eigenvalue weighted by Gasteiger charge is 2.32. The Bertz CT molecular complexity index is 644. The SMILES string of the molecule is O=C1NCCC(O)=C1C(=S)Nc1ccccc1OC(F)(F)F. The van der Waals surface area contributed by atoms with Crippen LogP contribution in [0, 0.1) is 0 Å². The average molecular weight is 332 g/mol. The first-order valence-corrected chi connectivity index (χ1v) is 6.55. The molecule has 5 nitrogen and oxygen atoms in total. The van der Waals surface area contributed by atoms with Crippen LogP contribution in [0.4, 0.5) is 18.9 Å². The molecule has 0 fully saturated rings. The van der Waals surface area contributed by atoms with E-state index in [1.54, 1.807) is 0 Å². The molecule has 3 N–H and O–H groups in total. The molecule has 2 rings (SSSR count). The van der Waals surface area contributed by atoms with Crippen molar-refractivity contribution in [3.63, 3.8) is 0 Å². The minimum atomic E-state index is -4.86. The standard InChI is InChI=1S/C13H11F3N2O3S/c14-13(15,16)21-9-4-2-1-3-7(9)18-12(22)10-8(19)5-6-17-11(10)20/h1-4,19H,5-6H2,(H,17,20)(H,18,22). The van der Waals surface area contributed by atoms with Crippen molar-refractivity contribution in [1.82, 2.24) is 5.32 Å². The molecule has 0 spiro atoms. The summed E-state index contributed by atoms with van der Waals surface area (Å²) in [5, 5.41) is 14.7. The van der Waals surface area contributed by atoms with Gasteiger partial charge in [0.2, 0.25) is 0 Å². The molecule has 0 aromatic heterocycles. The quantitative estimate of drug-likeness (QED) is 0.743. The number of benzene rings is 1. The number of halogens is 3. The van der Waals surface area contributed by atoms with Gasteiger partial charge in [-0.1, -0.05) is 24.4 Å². The number of hydrogen-bond donors (Lipinski definition) is 3. The van der Waals surface area contributed by atoms with Crippen LogP contribution in [0.2, 0.25) is 0 Å². The summed E-state index contributed by atoms with van der Waals surface area (Å²) in [4.78, 5) is 11.5. The number of ether oxygens (including phenoxy) is 1. The molecule has 1 heterocycles. The van der Waals surface area contributed by atoms with E-state index in [1.165, 1.54) is 18.2 Å². The number of rotatable bonds is 3. The third-order valence-electron chi connectivity index (χ3n) is 2.75. The molecule has 1 aliphatic heterocycles. The smallest absolute Gasteiger partial charge is 0.511 e. The van der Waals surface area contributed by atoms with Gasteiger partial charge in [-0.05, 0) is 12.1 Å². The van der Waals surface area contributed by atoms with Gasteiger partial charge < -0.3 is 20.5 Å². The van der Waals surface area contributed by atoms with E-state index < -0.39 is 18.0 Å². The second-order valence-corrected chi connectivity index (χ2v) is 4.73. The molecule has 0 aliphatic carbocycles. The van der Waals surface area contributed by atoms with Gasteiger partial charge in [0.25, 0.3) is 5.91 Å². The van der Waals surface area contributed by atoms with E-state index in [0.717, 1.165) is 6.07 Å². The van der Waals surface area contributed by atoms with E-state index in [9.17, 15) is 23.1 Å². The van der Waals surface area contributed by atoms with Crippen LogP contribution in [-0.2, 0) is 4.79 Å². The van der Waals surface area contributed by atoms with E-state index in [4.69, 9.17) is 12.2 Å². The minimum Gasteiger partial charge on any atom is -0.511 e. The zero-order chi connectivity index (χ0) is 16.3. The van der Waals surface area contributed by atoms with Crippen LogP contribution in [-0.4, -0.2) is 28.9 Å². The summed E-state index contributed by atoms with van der Waals surface area (Å²) in [6.07, 6.45) is -4.66. The number of anilines is 1. The van der Waals surface area contributed by atoms with Crippen LogP contribution in [0.15, 0.2) is 35.6 Å². The highest BCUT2D eigenvalue weighted by atomic mass is 32.1. The Labute approximate surface area is 128 Å². The van der Waals surface area contributed by atoms with E-state index in [2.05, 4.69) is 15.4 Å². The second-order valence-electron chi connectivity index (χ2n) is 4.33. The highest BCUT2D eigenvalue weighted by Crippen LogP contribution is 2.30. The fraction of sp³-hybridized carbons (Fsp3) is 0.231. The third kappa shape index (κ3) is 3.88. The fourth-order valence-electron chi connectivity index (χ4n) is 1.84. The predicted octanol–water partition coefficient (Wildman–Crippen LogP) is 2.66. The van der Waals surface area contributed by atoms with Crippen LogP contribution in [0.5, 0.6) is 5.75 Å². The lowest BCUT2D eigenvalue weighted by atomic mass is 10.1. The number of amides is 1. The summed E-state index contributed by atoms with van der Waals surface area (Å²) in [5.41, 5.74) is -0.230. The monoisotopic (exact) mass is 332 g/mol. The zero-order valence-corrected chi connectivity index (χ0v) is 11.8. The molecule has 1 aromatic rings. The third-order valence-corrected chi connectivity index (χ3v) is 3.06. The molecule has 9 heteroatoms. The topological polar surface area (TPSA) is 70.6 Å². The summed E-state index contributed by atoms with van der Waals surface area (Å²) in [5.74, 6) is -1.29. The molecule has 0 atom stereocenters. The van der Waals surface area contributed by atoms with E-state index in [-0.39, 0.29) is 35.0 Å². The number of carbonyl (C=O) groups is 1. The van der Waals surface area contributed by atoms with Crippen molar-refractivity contribution in [2.75, 3.05) is 11.9 Å². The Morgan fingerprint density at radius 2 is 2.05 bits per heavy atom. The van der Waals surface area contributed by atoms with Crippen LogP contribution < -0.4 is 15.4 Å². The zero-order valence-electron chi connectivity index (χ0n) is 11.0. The van der Waals surface area contributed by atoms with Gasteiger partial charge in [-0.25, -0.2) is 0 Å². The molecule has 1 aliphatic rings. The van der Waals surface area contributed by atoms with E-state index >= 15 is 0 Å². The van der Waals surface area contributed by atoms with Crippen LogP contribution in [0.25, 0.3) is 0 Å². The van der Waals surface area contributed by atoms with Crippen molar-refractivity contribution in [3.8, 4) is 5.75 Å². The summed E-state index contributed by atoms with van der Waals surface area (Å²) < 4.78 is 40.9. The van der Waals surface area contributed by atoms with Crippen molar-refractivity contribution in [2.24, 2.45) is 0 Å². The van der Waals surface area contributed by atoms with E-state index in [1.807, 2.05) is 0 Å². The van der Waals surface area contributed by atoms with Crippen LogP contribution >= 0.6 is 12.2 Å². The average Bonchev–Trinajstić information content (AvgIpc) is 2.39. The van der Waals surface area contributed by atoms with Gasteiger partial charge in [-0.2, -0.15) is 0 Å². The summed E-state index contributed by atoms with van der Waals surface area (Å²) in [6, 6.07) is 5.25. The minimum absolute atomic E-state index is 0.0662. The largest absolute Gasteiger partial charge is 0.573 e. The molecule has 0 bridgehead atoms. The summed E-state index contributed by atoms with van der Waals surface area (Å²) >= 11 is 4.98. The first kappa shape index (κ1) is 16.1. The molecule has 0 unspecified atom stereocenters. The van der Waals surface area contributed by atoms with E-state index in [0.29, 0.717) is 0 Å². The maximum atomic E-state index is 12.3. The lowest BCUT2D eigenvalue weighted by Crippen LogP contribution is -2.36. The molecule has 0 saturated carbocycles. The number of alkyl halides is 3. The first-order chi connectivity index (χ1) is 10.3. The molecular weight excluding hydrogens is 321 g/mol. The molecule has 118 valence electrons. The maximum absolute atomic E-state index is 12.3. The number of aliphatic hydroxyl groups is 1. The van der Waals surface area contributed by atoms with Crippen molar-refractivity contribution in [1.29, 1.82) is 0 Å². The summed E-state index contributed by atoms with van der Waals surface area (Å²) in [7, 11) is 0. The first-order valence-electron chi connectivity index (χ1n) is 6.14. The molecular formula is C13H11F3N2O3S. The van der Waals surface area contributed by atoms with Gasteiger partial charge in [-0.3, -0.25) is 4.79 Å².